The monoisotopic (exact) mass is 672 g/mol. The van der Waals surface area contributed by atoms with E-state index in [0.29, 0.717) is 34.1 Å². The van der Waals surface area contributed by atoms with Crippen molar-refractivity contribution in [3.8, 4) is 5.75 Å². The van der Waals surface area contributed by atoms with Crippen LogP contribution in [0.2, 0.25) is 5.02 Å². The molecule has 9 heteroatoms. The third kappa shape index (κ3) is 4.69. The maximum Gasteiger partial charge on any atom is 0.246 e. The molecule has 1 saturated carbocycles. The summed E-state index contributed by atoms with van der Waals surface area (Å²) < 4.78 is 5.67. The minimum Gasteiger partial charge on any atom is -0.491 e. The Balaban J connectivity index is 1.33. The van der Waals surface area contributed by atoms with Gasteiger partial charge in [-0.15, -0.1) is 0 Å². The molecule has 6 unspecified atom stereocenters. The number of hydrogen-bond donors (Lipinski definition) is 1. The zero-order valence-electron chi connectivity index (χ0n) is 26.4. The largest absolute Gasteiger partial charge is 0.491 e. The summed E-state index contributed by atoms with van der Waals surface area (Å²) in [5.41, 5.74) is 1.93. The maximum absolute atomic E-state index is 15.3. The number of aliphatic hydroxyl groups excluding tert-OH is 1. The van der Waals surface area contributed by atoms with Crippen LogP contribution < -0.4 is 14.5 Å². The number of anilines is 2. The highest BCUT2D eigenvalue weighted by atomic mass is 35.5. The van der Waals surface area contributed by atoms with Gasteiger partial charge >= 0.3 is 0 Å². The number of benzene rings is 4. The van der Waals surface area contributed by atoms with Crippen molar-refractivity contribution in [2.75, 3.05) is 23.0 Å². The van der Waals surface area contributed by atoms with Crippen LogP contribution in [0.4, 0.5) is 11.4 Å². The van der Waals surface area contributed by atoms with Gasteiger partial charge in [-0.2, -0.15) is 0 Å². The fourth-order valence-corrected chi connectivity index (χ4v) is 9.05. The number of allylic oxidation sites excluding steroid dienone is 2. The number of para-hydroxylation sites is 1. The molecule has 4 aliphatic rings. The molecule has 246 valence electrons. The number of nitrogens with zero attached hydrogens (tertiary/aromatic N) is 2. The quantitative estimate of drug-likeness (QED) is 0.189. The number of hydrogen-bond acceptors (Lipinski definition) is 6. The first-order chi connectivity index (χ1) is 23.9. The first-order valence-electron chi connectivity index (χ1n) is 16.5. The van der Waals surface area contributed by atoms with E-state index in [0.717, 1.165) is 11.1 Å². The van der Waals surface area contributed by atoms with E-state index in [-0.39, 0.29) is 43.3 Å². The molecule has 0 aromatic heterocycles. The lowest BCUT2D eigenvalue weighted by Gasteiger charge is -2.50. The molecule has 6 atom stereocenters. The molecule has 2 saturated heterocycles. The summed E-state index contributed by atoms with van der Waals surface area (Å²) in [4.78, 5) is 60.9. The van der Waals surface area contributed by atoms with Gasteiger partial charge in [0, 0.05) is 10.9 Å². The van der Waals surface area contributed by atoms with Gasteiger partial charge in [0.05, 0.1) is 41.2 Å². The fraction of sp³-hybridized carbons (Fsp3) is 0.250. The predicted octanol–water partition coefficient (Wildman–Crippen LogP) is 6.08. The molecule has 3 fully saturated rings. The summed E-state index contributed by atoms with van der Waals surface area (Å²) in [5.74, 6) is -3.88. The molecule has 49 heavy (non-hydrogen) atoms. The minimum atomic E-state index is -1.35. The normalized spacial score (nSPS) is 27.5. The van der Waals surface area contributed by atoms with Gasteiger partial charge in [0.25, 0.3) is 0 Å². The van der Waals surface area contributed by atoms with Crippen LogP contribution in [-0.2, 0) is 24.6 Å². The van der Waals surface area contributed by atoms with E-state index in [9.17, 15) is 19.5 Å². The summed E-state index contributed by atoms with van der Waals surface area (Å²) >= 11 is 6.39. The summed E-state index contributed by atoms with van der Waals surface area (Å²) in [7, 11) is 0. The van der Waals surface area contributed by atoms with Gasteiger partial charge in [-0.05, 0) is 72.4 Å². The number of fused-ring (bicyclic) bond motifs is 4. The third-order valence-corrected chi connectivity index (χ3v) is 11.0. The van der Waals surface area contributed by atoms with Gasteiger partial charge in [-0.25, -0.2) is 4.90 Å². The highest BCUT2D eigenvalue weighted by Gasteiger charge is 2.70. The van der Waals surface area contributed by atoms with Crippen LogP contribution in [0.25, 0.3) is 0 Å². The zero-order valence-corrected chi connectivity index (χ0v) is 27.2. The molecule has 0 spiro atoms. The van der Waals surface area contributed by atoms with Crippen molar-refractivity contribution in [3.05, 3.63) is 137 Å². The number of aliphatic hydroxyl groups is 1. The average molecular weight is 673 g/mol. The first-order valence-corrected chi connectivity index (χ1v) is 16.9. The van der Waals surface area contributed by atoms with Gasteiger partial charge in [0.2, 0.25) is 23.6 Å². The number of imide groups is 2. The Morgan fingerprint density at radius 3 is 2.14 bits per heavy atom. The van der Waals surface area contributed by atoms with Crippen molar-refractivity contribution in [3.63, 3.8) is 0 Å². The zero-order chi connectivity index (χ0) is 33.9. The lowest BCUT2D eigenvalue weighted by atomic mass is 9.49. The molecule has 0 radical (unpaired) electrons. The average Bonchev–Trinajstić information content (AvgIpc) is 3.52. The minimum absolute atomic E-state index is 0.130. The molecule has 4 aromatic carbocycles. The van der Waals surface area contributed by atoms with Crippen molar-refractivity contribution in [2.45, 2.75) is 24.2 Å². The van der Waals surface area contributed by atoms with Crippen LogP contribution in [0.1, 0.15) is 29.9 Å². The van der Waals surface area contributed by atoms with Crippen molar-refractivity contribution < 1.29 is 29.0 Å². The van der Waals surface area contributed by atoms with Crippen LogP contribution in [0, 0.1) is 23.7 Å². The number of amides is 4. The van der Waals surface area contributed by atoms with Crippen molar-refractivity contribution >= 4 is 46.6 Å². The molecule has 2 aliphatic heterocycles. The lowest BCUT2D eigenvalue weighted by molar-refractivity contribution is -0.127. The van der Waals surface area contributed by atoms with E-state index in [1.54, 1.807) is 60.7 Å². The Morgan fingerprint density at radius 1 is 0.755 bits per heavy atom. The Labute approximate surface area is 288 Å². The number of ether oxygens (including phenoxy) is 1. The van der Waals surface area contributed by atoms with Gasteiger partial charge < -0.3 is 9.84 Å². The summed E-state index contributed by atoms with van der Waals surface area (Å²) in [6.07, 6.45) is 2.61. The standard InChI is InChI=1S/C40H33ClN2O6/c41-26-10-7-13-28(22-26)43-37(46)33-23-32-30(18-19-31-34(32)38(47)42(36(31)45)27-11-5-2-6-12-27)35(24-14-16-29(17-15-24)49-21-20-44)40(33,39(43)48)25-8-3-1-4-9-25/h1-18,22,31-35,44H,19-21,23H2. The van der Waals surface area contributed by atoms with Crippen molar-refractivity contribution in [2.24, 2.45) is 23.7 Å². The summed E-state index contributed by atoms with van der Waals surface area (Å²) in [6, 6.07) is 32.5. The number of carbonyl (C=O) groups excluding carboxylic acids is 4. The van der Waals surface area contributed by atoms with Crippen LogP contribution >= 0.6 is 11.6 Å². The Hall–Kier alpha value is -5.05. The lowest BCUT2D eigenvalue weighted by Crippen LogP contribution is -2.53. The van der Waals surface area contributed by atoms with E-state index in [1.165, 1.54) is 9.80 Å². The predicted molar refractivity (Wildman–Crippen MR) is 184 cm³/mol. The second kappa shape index (κ2) is 12.1. The molecule has 1 N–H and O–H groups in total. The molecule has 8 rings (SSSR count). The Kier molecular flexibility index (Phi) is 7.73. The molecular weight excluding hydrogens is 640 g/mol. The molecule has 4 aromatic rings. The number of carbonyl (C=O) groups is 4. The van der Waals surface area contributed by atoms with Crippen LogP contribution in [0.15, 0.2) is 121 Å². The molecule has 4 amide bonds. The van der Waals surface area contributed by atoms with E-state index in [2.05, 4.69) is 0 Å². The van der Waals surface area contributed by atoms with E-state index < -0.39 is 35.0 Å². The van der Waals surface area contributed by atoms with E-state index in [4.69, 9.17) is 16.3 Å². The van der Waals surface area contributed by atoms with E-state index in [1.807, 2.05) is 54.6 Å². The summed E-state index contributed by atoms with van der Waals surface area (Å²) in [6.45, 7) is -0.00622. The first kappa shape index (κ1) is 31.2. The molecule has 2 aliphatic carbocycles. The molecular formula is C40H33ClN2O6. The fourth-order valence-electron chi connectivity index (χ4n) is 8.87. The van der Waals surface area contributed by atoms with Crippen molar-refractivity contribution in [1.29, 1.82) is 0 Å². The second-order valence-corrected chi connectivity index (χ2v) is 13.5. The number of halogens is 1. The third-order valence-electron chi connectivity index (χ3n) is 10.8. The van der Waals surface area contributed by atoms with Crippen LogP contribution in [-0.4, -0.2) is 41.9 Å². The highest BCUT2D eigenvalue weighted by molar-refractivity contribution is 6.32. The summed E-state index contributed by atoms with van der Waals surface area (Å²) in [5, 5.41) is 9.70. The smallest absolute Gasteiger partial charge is 0.246 e. The van der Waals surface area contributed by atoms with Gasteiger partial charge in [0.15, 0.2) is 0 Å². The van der Waals surface area contributed by atoms with Crippen LogP contribution in [0.3, 0.4) is 0 Å². The molecule has 2 heterocycles. The highest BCUT2D eigenvalue weighted by Crippen LogP contribution is 2.64. The topological polar surface area (TPSA) is 104 Å². The Bertz CT molecular complexity index is 2000. The van der Waals surface area contributed by atoms with Crippen molar-refractivity contribution in [1.82, 2.24) is 0 Å². The van der Waals surface area contributed by atoms with E-state index >= 15 is 4.79 Å². The number of rotatable bonds is 7. The maximum atomic E-state index is 15.3. The van der Waals surface area contributed by atoms with Gasteiger partial charge in [0.1, 0.15) is 12.4 Å². The van der Waals surface area contributed by atoms with Gasteiger partial charge in [-0.1, -0.05) is 90.0 Å². The molecule has 8 nitrogen and oxygen atoms in total. The second-order valence-electron chi connectivity index (χ2n) is 13.1. The van der Waals surface area contributed by atoms with Crippen LogP contribution in [0.5, 0.6) is 5.75 Å². The Morgan fingerprint density at radius 2 is 1.45 bits per heavy atom. The van der Waals surface area contributed by atoms with Gasteiger partial charge in [-0.3, -0.25) is 24.1 Å². The molecule has 0 bridgehead atoms. The SMILES string of the molecule is O=C1C2CC=C3C(CC4C(=O)N(c5cccc(Cl)c5)C(=O)C4(c4ccccc4)C3c3ccc(OCCO)cc3)C2C(=O)N1c1ccccc1.